The molecule has 1 aliphatic heterocycles. The second-order valence-corrected chi connectivity index (χ2v) is 6.57. The first-order valence-corrected chi connectivity index (χ1v) is 9.04. The fourth-order valence-electron chi connectivity index (χ4n) is 3.14. The van der Waals surface area contributed by atoms with Crippen LogP contribution in [-0.2, 0) is 16.0 Å². The summed E-state index contributed by atoms with van der Waals surface area (Å²) in [6.45, 7) is 2.45. The highest BCUT2D eigenvalue weighted by atomic mass is 16.2. The first kappa shape index (κ1) is 18.6. The zero-order valence-electron chi connectivity index (χ0n) is 15.5. The van der Waals surface area contributed by atoms with Gasteiger partial charge < -0.3 is 15.5 Å². The van der Waals surface area contributed by atoms with Crippen molar-refractivity contribution in [3.8, 4) is 0 Å². The first-order valence-electron chi connectivity index (χ1n) is 9.04. The van der Waals surface area contributed by atoms with Crippen molar-refractivity contribution in [2.45, 2.75) is 19.8 Å². The molecule has 2 N–H and O–H groups in total. The molecule has 2 aromatic rings. The second kappa shape index (κ2) is 8.03. The lowest BCUT2D eigenvalue weighted by molar-refractivity contribution is -0.122. The number of hydrogen-bond acceptors (Lipinski definition) is 3. The maximum Gasteiger partial charge on any atom is 0.251 e. The van der Waals surface area contributed by atoms with E-state index < -0.39 is 5.92 Å². The van der Waals surface area contributed by atoms with E-state index in [0.29, 0.717) is 17.8 Å². The maximum absolute atomic E-state index is 12.5. The Balaban J connectivity index is 1.64. The molecular formula is C21H23N3O3. The molecule has 0 aliphatic carbocycles. The van der Waals surface area contributed by atoms with E-state index in [-0.39, 0.29) is 24.1 Å². The Labute approximate surface area is 158 Å². The number of hydrogen-bond donors (Lipinski definition) is 2. The highest BCUT2D eigenvalue weighted by molar-refractivity contribution is 6.03. The Hall–Kier alpha value is -3.15. The molecule has 140 valence electrons. The van der Waals surface area contributed by atoms with Gasteiger partial charge in [-0.25, -0.2) is 0 Å². The van der Waals surface area contributed by atoms with E-state index in [9.17, 15) is 14.4 Å². The summed E-state index contributed by atoms with van der Waals surface area (Å²) in [5, 5.41) is 5.38. The van der Waals surface area contributed by atoms with E-state index in [2.05, 4.69) is 17.6 Å². The third-order valence-electron chi connectivity index (χ3n) is 4.79. The number of nitrogens with zero attached hydrogens (tertiary/aromatic N) is 1. The Kier molecular flexibility index (Phi) is 5.54. The fourth-order valence-corrected chi connectivity index (χ4v) is 3.14. The van der Waals surface area contributed by atoms with Crippen molar-refractivity contribution in [1.29, 1.82) is 0 Å². The summed E-state index contributed by atoms with van der Waals surface area (Å²) in [4.78, 5) is 38.1. The number of carbonyl (C=O) groups is 3. The number of nitrogens with one attached hydrogen (secondary N) is 2. The van der Waals surface area contributed by atoms with Crippen LogP contribution in [0.25, 0.3) is 0 Å². The quantitative estimate of drug-likeness (QED) is 0.855. The monoisotopic (exact) mass is 365 g/mol. The molecule has 0 spiro atoms. The summed E-state index contributed by atoms with van der Waals surface area (Å²) in [5.74, 6) is -0.820. The molecule has 0 saturated carbocycles. The summed E-state index contributed by atoms with van der Waals surface area (Å²) in [5.41, 5.74) is 3.15. The normalized spacial score (nSPS) is 16.3. The van der Waals surface area contributed by atoms with Crippen LogP contribution in [0, 0.1) is 5.92 Å². The third kappa shape index (κ3) is 4.16. The van der Waals surface area contributed by atoms with Crippen molar-refractivity contribution < 1.29 is 14.4 Å². The number of rotatable bonds is 5. The molecule has 0 radical (unpaired) electrons. The van der Waals surface area contributed by atoms with E-state index in [0.717, 1.165) is 12.1 Å². The summed E-state index contributed by atoms with van der Waals surface area (Å²) in [6, 6.07) is 14.5. The number of anilines is 2. The molecule has 6 nitrogen and oxygen atoms in total. The molecule has 6 heteroatoms. The zero-order valence-corrected chi connectivity index (χ0v) is 15.5. The van der Waals surface area contributed by atoms with Gasteiger partial charge in [-0.2, -0.15) is 0 Å². The minimum atomic E-state index is -0.401. The van der Waals surface area contributed by atoms with Crippen LogP contribution in [0.2, 0.25) is 0 Å². The molecule has 0 unspecified atom stereocenters. The average Bonchev–Trinajstić information content (AvgIpc) is 3.10. The molecule has 1 aliphatic rings. The lowest BCUT2D eigenvalue weighted by Crippen LogP contribution is -2.28. The third-order valence-corrected chi connectivity index (χ3v) is 4.79. The molecule has 3 rings (SSSR count). The van der Waals surface area contributed by atoms with Crippen molar-refractivity contribution in [1.82, 2.24) is 5.32 Å². The molecule has 0 bridgehead atoms. The van der Waals surface area contributed by atoms with Gasteiger partial charge in [-0.05, 0) is 48.4 Å². The van der Waals surface area contributed by atoms with E-state index >= 15 is 0 Å². The van der Waals surface area contributed by atoms with E-state index in [1.165, 1.54) is 5.56 Å². The Morgan fingerprint density at radius 3 is 2.33 bits per heavy atom. The SMILES string of the molecule is CCc1ccc(N2C[C@H](C(=O)Nc3ccc(C(=O)NC)cc3)CC2=O)cc1. The minimum absolute atomic E-state index is 0.0469. The summed E-state index contributed by atoms with van der Waals surface area (Å²) < 4.78 is 0. The number of benzene rings is 2. The van der Waals surface area contributed by atoms with E-state index in [1.807, 2.05) is 24.3 Å². The number of aryl methyl sites for hydroxylation is 1. The Morgan fingerprint density at radius 2 is 1.74 bits per heavy atom. The molecule has 1 saturated heterocycles. The summed E-state index contributed by atoms with van der Waals surface area (Å²) in [6.07, 6.45) is 1.13. The van der Waals surface area contributed by atoms with Gasteiger partial charge >= 0.3 is 0 Å². The molecular weight excluding hydrogens is 342 g/mol. The van der Waals surface area contributed by atoms with Gasteiger partial charge in [0.05, 0.1) is 5.92 Å². The zero-order chi connectivity index (χ0) is 19.4. The molecule has 0 aromatic heterocycles. The van der Waals surface area contributed by atoms with E-state index in [1.54, 1.807) is 36.2 Å². The topological polar surface area (TPSA) is 78.5 Å². The predicted molar refractivity (Wildman–Crippen MR) is 105 cm³/mol. The number of carbonyl (C=O) groups excluding carboxylic acids is 3. The van der Waals surface area contributed by atoms with Gasteiger partial charge in [0.25, 0.3) is 5.91 Å². The largest absolute Gasteiger partial charge is 0.355 e. The van der Waals surface area contributed by atoms with Crippen molar-refractivity contribution >= 4 is 29.1 Å². The van der Waals surface area contributed by atoms with Gasteiger partial charge in [0.1, 0.15) is 0 Å². The summed E-state index contributed by atoms with van der Waals surface area (Å²) in [7, 11) is 1.57. The Bertz CT molecular complexity index is 844. The van der Waals surface area contributed by atoms with Crippen LogP contribution in [0.15, 0.2) is 48.5 Å². The van der Waals surface area contributed by atoms with Gasteiger partial charge in [0.15, 0.2) is 0 Å². The average molecular weight is 365 g/mol. The van der Waals surface area contributed by atoms with Crippen LogP contribution in [-0.4, -0.2) is 31.3 Å². The van der Waals surface area contributed by atoms with Crippen LogP contribution in [0.3, 0.4) is 0 Å². The van der Waals surface area contributed by atoms with Crippen LogP contribution >= 0.6 is 0 Å². The van der Waals surface area contributed by atoms with E-state index in [4.69, 9.17) is 0 Å². The molecule has 2 aromatic carbocycles. The van der Waals surface area contributed by atoms with Crippen LogP contribution in [0.4, 0.5) is 11.4 Å². The molecule has 3 amide bonds. The van der Waals surface area contributed by atoms with Crippen molar-refractivity contribution in [2.24, 2.45) is 5.92 Å². The van der Waals surface area contributed by atoms with Crippen molar-refractivity contribution in [2.75, 3.05) is 23.8 Å². The van der Waals surface area contributed by atoms with Gasteiger partial charge in [-0.1, -0.05) is 19.1 Å². The van der Waals surface area contributed by atoms with Crippen molar-refractivity contribution in [3.63, 3.8) is 0 Å². The highest BCUT2D eigenvalue weighted by Crippen LogP contribution is 2.26. The molecule has 1 atom stereocenters. The highest BCUT2D eigenvalue weighted by Gasteiger charge is 2.35. The molecule has 1 fully saturated rings. The van der Waals surface area contributed by atoms with Crippen molar-refractivity contribution in [3.05, 3.63) is 59.7 Å². The van der Waals surface area contributed by atoms with Crippen LogP contribution in [0.5, 0.6) is 0 Å². The van der Waals surface area contributed by atoms with Gasteiger partial charge in [-0.3, -0.25) is 14.4 Å². The van der Waals surface area contributed by atoms with Crippen LogP contribution < -0.4 is 15.5 Å². The van der Waals surface area contributed by atoms with Crippen LogP contribution in [0.1, 0.15) is 29.3 Å². The Morgan fingerprint density at radius 1 is 1.07 bits per heavy atom. The predicted octanol–water partition coefficient (Wildman–Crippen LogP) is 2.60. The smallest absolute Gasteiger partial charge is 0.251 e. The molecule has 1 heterocycles. The molecule has 27 heavy (non-hydrogen) atoms. The maximum atomic E-state index is 12.5. The van der Waals surface area contributed by atoms with Gasteiger partial charge in [0.2, 0.25) is 11.8 Å². The van der Waals surface area contributed by atoms with Gasteiger partial charge in [0, 0.05) is 37.0 Å². The van der Waals surface area contributed by atoms with Gasteiger partial charge in [-0.15, -0.1) is 0 Å². The first-order chi connectivity index (χ1) is 13.0. The lowest BCUT2D eigenvalue weighted by atomic mass is 10.1. The fraction of sp³-hybridized carbons (Fsp3) is 0.286. The minimum Gasteiger partial charge on any atom is -0.355 e. The standard InChI is InChI=1S/C21H23N3O3/c1-3-14-4-10-18(11-5-14)24-13-16(12-19(24)25)21(27)23-17-8-6-15(7-9-17)20(26)22-2/h4-11,16H,3,12-13H2,1-2H3,(H,22,26)(H,23,27)/t16-/m1/s1. The summed E-state index contributed by atoms with van der Waals surface area (Å²) >= 11 is 0. The second-order valence-electron chi connectivity index (χ2n) is 6.57. The lowest BCUT2D eigenvalue weighted by Gasteiger charge is -2.17. The number of amides is 3.